The van der Waals surface area contributed by atoms with E-state index in [9.17, 15) is 13.2 Å². The number of thiazole rings is 1. The standard InChI is InChI=1S/C14H15NO4S2/c1-3-19-13-5-4-11(10(2)16)8-12(13)9-21(17,18)14-15-6-7-20-14/h4-8H,3,9H2,1-2H3. The Morgan fingerprint density at radius 2 is 2.14 bits per heavy atom. The van der Waals surface area contributed by atoms with E-state index in [0.717, 1.165) is 11.3 Å². The van der Waals surface area contributed by atoms with Gasteiger partial charge in [-0.25, -0.2) is 13.4 Å². The molecule has 0 aliphatic heterocycles. The van der Waals surface area contributed by atoms with Crippen LogP contribution in [0.5, 0.6) is 5.75 Å². The average molecular weight is 325 g/mol. The number of ether oxygens (including phenoxy) is 1. The van der Waals surface area contributed by atoms with Crippen molar-refractivity contribution in [3.63, 3.8) is 0 Å². The highest BCUT2D eigenvalue weighted by molar-refractivity contribution is 7.92. The number of carbonyl (C=O) groups is 1. The van der Waals surface area contributed by atoms with Crippen molar-refractivity contribution in [2.75, 3.05) is 6.61 Å². The summed E-state index contributed by atoms with van der Waals surface area (Å²) in [6, 6.07) is 4.83. The Morgan fingerprint density at radius 3 is 2.71 bits per heavy atom. The van der Waals surface area contributed by atoms with Crippen LogP contribution < -0.4 is 4.74 Å². The number of Topliss-reactive ketones (excluding diaryl/α,β-unsaturated/α-hetero) is 1. The van der Waals surface area contributed by atoms with Gasteiger partial charge in [0.2, 0.25) is 14.2 Å². The molecule has 1 aromatic heterocycles. The van der Waals surface area contributed by atoms with Crippen LogP contribution in [0, 0.1) is 0 Å². The first-order chi connectivity index (χ1) is 9.94. The third-order valence-electron chi connectivity index (χ3n) is 2.79. The molecule has 0 fully saturated rings. The minimum Gasteiger partial charge on any atom is -0.494 e. The molecule has 0 amide bonds. The third-order valence-corrected chi connectivity index (χ3v) is 5.73. The third kappa shape index (κ3) is 3.68. The molecule has 0 radical (unpaired) electrons. The predicted octanol–water partition coefficient (Wildman–Crippen LogP) is 2.72. The van der Waals surface area contributed by atoms with Crippen molar-refractivity contribution < 1.29 is 17.9 Å². The van der Waals surface area contributed by atoms with Crippen LogP contribution in [0.3, 0.4) is 0 Å². The van der Waals surface area contributed by atoms with E-state index < -0.39 is 9.84 Å². The molecule has 21 heavy (non-hydrogen) atoms. The lowest BCUT2D eigenvalue weighted by Crippen LogP contribution is -2.08. The highest BCUT2D eigenvalue weighted by atomic mass is 32.2. The summed E-state index contributed by atoms with van der Waals surface area (Å²) in [4.78, 5) is 15.3. The molecule has 0 bridgehead atoms. The molecule has 1 aromatic carbocycles. The van der Waals surface area contributed by atoms with E-state index in [1.54, 1.807) is 23.6 Å². The number of aromatic nitrogens is 1. The fourth-order valence-electron chi connectivity index (χ4n) is 1.84. The van der Waals surface area contributed by atoms with Crippen molar-refractivity contribution in [3.05, 3.63) is 40.9 Å². The maximum Gasteiger partial charge on any atom is 0.209 e. The lowest BCUT2D eigenvalue weighted by molar-refractivity contribution is 0.101. The lowest BCUT2D eigenvalue weighted by atomic mass is 10.1. The number of hydrogen-bond acceptors (Lipinski definition) is 6. The summed E-state index contributed by atoms with van der Waals surface area (Å²) in [6.45, 7) is 3.68. The van der Waals surface area contributed by atoms with Gasteiger partial charge in [0.1, 0.15) is 5.75 Å². The lowest BCUT2D eigenvalue weighted by Gasteiger charge is -2.11. The zero-order valence-corrected chi connectivity index (χ0v) is 13.3. The van der Waals surface area contributed by atoms with Gasteiger partial charge >= 0.3 is 0 Å². The van der Waals surface area contributed by atoms with E-state index in [2.05, 4.69) is 4.98 Å². The second-order valence-electron chi connectivity index (χ2n) is 4.37. The van der Waals surface area contributed by atoms with Gasteiger partial charge in [0.15, 0.2) is 5.78 Å². The number of hydrogen-bond donors (Lipinski definition) is 0. The Hall–Kier alpha value is -1.73. The molecule has 112 valence electrons. The molecule has 0 aliphatic rings. The van der Waals surface area contributed by atoms with Gasteiger partial charge in [0, 0.05) is 22.7 Å². The van der Waals surface area contributed by atoms with Gasteiger partial charge < -0.3 is 4.74 Å². The van der Waals surface area contributed by atoms with Gasteiger partial charge in [0.25, 0.3) is 0 Å². The number of sulfone groups is 1. The Bertz CT molecular complexity index is 736. The van der Waals surface area contributed by atoms with E-state index in [4.69, 9.17) is 4.74 Å². The number of ketones is 1. The number of nitrogens with zero attached hydrogens (tertiary/aromatic N) is 1. The largest absolute Gasteiger partial charge is 0.494 e. The molecule has 7 heteroatoms. The molecular formula is C14H15NO4S2. The first-order valence-electron chi connectivity index (χ1n) is 6.33. The smallest absolute Gasteiger partial charge is 0.209 e. The van der Waals surface area contributed by atoms with Crippen molar-refractivity contribution in [1.82, 2.24) is 4.98 Å². The highest BCUT2D eigenvalue weighted by Gasteiger charge is 2.21. The summed E-state index contributed by atoms with van der Waals surface area (Å²) in [5.41, 5.74) is 0.933. The van der Waals surface area contributed by atoms with Gasteiger partial charge in [-0.3, -0.25) is 4.79 Å². The molecule has 0 N–H and O–H groups in total. The quantitative estimate of drug-likeness (QED) is 0.764. The van der Waals surface area contributed by atoms with Crippen LogP contribution in [0.1, 0.15) is 29.8 Å². The van der Waals surface area contributed by atoms with Crippen LogP contribution in [-0.4, -0.2) is 25.8 Å². The van der Waals surface area contributed by atoms with Gasteiger partial charge in [-0.1, -0.05) is 0 Å². The molecule has 0 unspecified atom stereocenters. The zero-order valence-electron chi connectivity index (χ0n) is 11.7. The first-order valence-corrected chi connectivity index (χ1v) is 8.86. The maximum atomic E-state index is 12.3. The van der Waals surface area contributed by atoms with Crippen LogP contribution in [0.4, 0.5) is 0 Å². The molecule has 5 nitrogen and oxygen atoms in total. The van der Waals surface area contributed by atoms with Crippen molar-refractivity contribution >= 4 is 27.0 Å². The van der Waals surface area contributed by atoms with Gasteiger partial charge in [-0.15, -0.1) is 11.3 Å². The second-order valence-corrected chi connectivity index (χ2v) is 7.43. The fraction of sp³-hybridized carbons (Fsp3) is 0.286. The fourth-order valence-corrected chi connectivity index (χ4v) is 4.11. The van der Waals surface area contributed by atoms with E-state index in [1.807, 2.05) is 6.92 Å². The summed E-state index contributed by atoms with van der Waals surface area (Å²) < 4.78 is 30.1. The molecule has 0 saturated carbocycles. The summed E-state index contributed by atoms with van der Waals surface area (Å²) in [7, 11) is -3.54. The SMILES string of the molecule is CCOc1ccc(C(C)=O)cc1CS(=O)(=O)c1nccs1. The Labute approximate surface area is 127 Å². The van der Waals surface area contributed by atoms with Gasteiger partial charge in [-0.05, 0) is 32.0 Å². The van der Waals surface area contributed by atoms with E-state index in [-0.39, 0.29) is 15.9 Å². The van der Waals surface area contributed by atoms with Crippen LogP contribution in [0.25, 0.3) is 0 Å². The van der Waals surface area contributed by atoms with Crippen molar-refractivity contribution in [1.29, 1.82) is 0 Å². The Balaban J connectivity index is 2.41. The molecule has 2 aromatic rings. The molecular weight excluding hydrogens is 310 g/mol. The van der Waals surface area contributed by atoms with E-state index >= 15 is 0 Å². The predicted molar refractivity (Wildman–Crippen MR) is 80.6 cm³/mol. The number of rotatable bonds is 6. The minimum atomic E-state index is -3.54. The Morgan fingerprint density at radius 1 is 1.38 bits per heavy atom. The molecule has 0 saturated heterocycles. The summed E-state index contributed by atoms with van der Waals surface area (Å²) in [6.07, 6.45) is 1.45. The van der Waals surface area contributed by atoms with E-state index in [1.165, 1.54) is 13.1 Å². The monoisotopic (exact) mass is 325 g/mol. The molecule has 0 atom stereocenters. The number of benzene rings is 1. The second kappa shape index (κ2) is 6.36. The molecule has 0 spiro atoms. The van der Waals surface area contributed by atoms with E-state index in [0.29, 0.717) is 23.5 Å². The minimum absolute atomic E-state index is 0.0678. The normalized spacial score (nSPS) is 11.3. The topological polar surface area (TPSA) is 73.3 Å². The van der Waals surface area contributed by atoms with Crippen LogP contribution in [0.15, 0.2) is 34.1 Å². The summed E-state index contributed by atoms with van der Waals surface area (Å²) >= 11 is 1.07. The van der Waals surface area contributed by atoms with Crippen molar-refractivity contribution in [2.24, 2.45) is 0 Å². The molecule has 0 aliphatic carbocycles. The van der Waals surface area contributed by atoms with Gasteiger partial charge in [0.05, 0.1) is 12.4 Å². The van der Waals surface area contributed by atoms with Crippen LogP contribution in [-0.2, 0) is 15.6 Å². The zero-order chi connectivity index (χ0) is 15.5. The maximum absolute atomic E-state index is 12.3. The van der Waals surface area contributed by atoms with Crippen LogP contribution >= 0.6 is 11.3 Å². The first kappa shape index (κ1) is 15.7. The Kier molecular flexibility index (Phi) is 4.74. The van der Waals surface area contributed by atoms with Crippen molar-refractivity contribution in [3.8, 4) is 5.75 Å². The molecule has 1 heterocycles. The number of carbonyl (C=O) groups excluding carboxylic acids is 1. The van der Waals surface area contributed by atoms with Crippen molar-refractivity contribution in [2.45, 2.75) is 23.9 Å². The van der Waals surface area contributed by atoms with Gasteiger partial charge in [-0.2, -0.15) is 0 Å². The molecule has 2 rings (SSSR count). The highest BCUT2D eigenvalue weighted by Crippen LogP contribution is 2.26. The average Bonchev–Trinajstić information content (AvgIpc) is 2.95. The summed E-state index contributed by atoms with van der Waals surface area (Å²) in [5, 5.41) is 1.61. The summed E-state index contributed by atoms with van der Waals surface area (Å²) in [5.74, 6) is 0.116. The van der Waals surface area contributed by atoms with Crippen LogP contribution in [0.2, 0.25) is 0 Å².